The van der Waals surface area contributed by atoms with Crippen LogP contribution in [0.4, 0.5) is 18.9 Å². The molecule has 0 heterocycles. The van der Waals surface area contributed by atoms with Gasteiger partial charge in [0.1, 0.15) is 0 Å². The number of likely N-dealkylation sites (N-methyl/N-ethyl adjacent to an activating group) is 1. The zero-order chi connectivity index (χ0) is 13.6. The third-order valence-corrected chi connectivity index (χ3v) is 2.72. The molecule has 0 spiro atoms. The van der Waals surface area contributed by atoms with Gasteiger partial charge in [0.15, 0.2) is 0 Å². The average molecular weight is 260 g/mol. The van der Waals surface area contributed by atoms with Crippen molar-refractivity contribution in [3.63, 3.8) is 0 Å². The number of alkyl halides is 3. The van der Waals surface area contributed by atoms with Gasteiger partial charge in [-0.1, -0.05) is 18.2 Å². The lowest BCUT2D eigenvalue weighted by atomic mass is 10.2. The van der Waals surface area contributed by atoms with E-state index < -0.39 is 12.7 Å². The molecule has 2 nitrogen and oxygen atoms in total. The number of aryl methyl sites for hydroxylation is 1. The van der Waals surface area contributed by atoms with Crippen LogP contribution in [0.1, 0.15) is 12.5 Å². The fourth-order valence-electron chi connectivity index (χ4n) is 1.81. The molecule has 0 unspecified atom stereocenters. The van der Waals surface area contributed by atoms with E-state index in [0.29, 0.717) is 13.1 Å². The molecule has 0 saturated carbocycles. The van der Waals surface area contributed by atoms with Gasteiger partial charge in [0.05, 0.1) is 6.54 Å². The van der Waals surface area contributed by atoms with Gasteiger partial charge in [0.2, 0.25) is 0 Å². The summed E-state index contributed by atoms with van der Waals surface area (Å²) in [4.78, 5) is 2.07. The highest BCUT2D eigenvalue weighted by Gasteiger charge is 2.26. The Hall–Kier alpha value is -1.23. The summed E-state index contributed by atoms with van der Waals surface area (Å²) in [6.45, 7) is 4.73. The van der Waals surface area contributed by atoms with Gasteiger partial charge in [-0.15, -0.1) is 0 Å². The number of hydrogen-bond donors (Lipinski definition) is 1. The van der Waals surface area contributed by atoms with Gasteiger partial charge in [-0.05, 0) is 25.5 Å². The van der Waals surface area contributed by atoms with Crippen LogP contribution in [0.5, 0.6) is 0 Å². The number of hydrogen-bond acceptors (Lipinski definition) is 2. The lowest BCUT2D eigenvalue weighted by Crippen LogP contribution is -2.36. The van der Waals surface area contributed by atoms with Crippen LogP contribution in [0.25, 0.3) is 0 Å². The van der Waals surface area contributed by atoms with Crippen LogP contribution in [0.3, 0.4) is 0 Å². The molecule has 0 amide bonds. The number of benzene rings is 1. The zero-order valence-corrected chi connectivity index (χ0v) is 10.7. The zero-order valence-electron chi connectivity index (χ0n) is 10.7. The van der Waals surface area contributed by atoms with Crippen LogP contribution in [0.15, 0.2) is 24.3 Å². The number of nitrogens with one attached hydrogen (secondary N) is 1. The molecule has 1 aromatic carbocycles. The van der Waals surface area contributed by atoms with Gasteiger partial charge in [0, 0.05) is 25.3 Å². The third-order valence-electron chi connectivity index (χ3n) is 2.72. The molecule has 0 fully saturated rings. The summed E-state index contributed by atoms with van der Waals surface area (Å²) in [5, 5.41) is 2.41. The summed E-state index contributed by atoms with van der Waals surface area (Å²) in [5.41, 5.74) is 2.21. The van der Waals surface area contributed by atoms with Gasteiger partial charge >= 0.3 is 6.18 Å². The minimum Gasteiger partial charge on any atom is -0.370 e. The van der Waals surface area contributed by atoms with E-state index in [2.05, 4.69) is 10.2 Å². The van der Waals surface area contributed by atoms with E-state index in [9.17, 15) is 13.2 Å². The quantitative estimate of drug-likeness (QED) is 0.791. The van der Waals surface area contributed by atoms with E-state index in [1.807, 2.05) is 38.1 Å². The fourth-order valence-corrected chi connectivity index (χ4v) is 1.81. The Morgan fingerprint density at radius 1 is 1.22 bits per heavy atom. The molecule has 0 atom stereocenters. The standard InChI is InChI=1S/C13H19F3N2/c1-3-18(9-8-17-10-13(14,15)16)12-7-5-4-6-11(12)2/h4-7,17H,3,8-10H2,1-2H3. The highest BCUT2D eigenvalue weighted by atomic mass is 19.4. The Bertz CT molecular complexity index is 363. The second-order valence-electron chi connectivity index (χ2n) is 4.16. The van der Waals surface area contributed by atoms with Crippen molar-refractivity contribution in [2.24, 2.45) is 0 Å². The van der Waals surface area contributed by atoms with Crippen LogP contribution in [0.2, 0.25) is 0 Å². The summed E-state index contributed by atoms with van der Waals surface area (Å²) >= 11 is 0. The molecule has 0 aliphatic rings. The van der Waals surface area contributed by atoms with Crippen molar-refractivity contribution in [3.05, 3.63) is 29.8 Å². The normalized spacial score (nSPS) is 11.6. The van der Waals surface area contributed by atoms with E-state index in [1.54, 1.807) is 0 Å². The first-order chi connectivity index (χ1) is 8.44. The SMILES string of the molecule is CCN(CCNCC(F)(F)F)c1ccccc1C. The minimum absolute atomic E-state index is 0.321. The summed E-state index contributed by atoms with van der Waals surface area (Å²) in [6.07, 6.45) is -4.14. The van der Waals surface area contributed by atoms with Crippen molar-refractivity contribution in [2.75, 3.05) is 31.1 Å². The molecule has 0 bridgehead atoms. The van der Waals surface area contributed by atoms with Crippen LogP contribution in [-0.4, -0.2) is 32.4 Å². The molecule has 1 N–H and O–H groups in total. The number of anilines is 1. The number of para-hydroxylation sites is 1. The van der Waals surface area contributed by atoms with Gasteiger partial charge in [-0.3, -0.25) is 0 Å². The number of rotatable bonds is 6. The maximum atomic E-state index is 12.0. The van der Waals surface area contributed by atoms with E-state index in [-0.39, 0.29) is 0 Å². The predicted molar refractivity (Wildman–Crippen MR) is 68.0 cm³/mol. The van der Waals surface area contributed by atoms with Gasteiger partial charge in [-0.25, -0.2) is 0 Å². The highest BCUT2D eigenvalue weighted by Crippen LogP contribution is 2.18. The Morgan fingerprint density at radius 2 is 1.89 bits per heavy atom. The van der Waals surface area contributed by atoms with Crippen molar-refractivity contribution in [1.82, 2.24) is 5.32 Å². The van der Waals surface area contributed by atoms with Crippen molar-refractivity contribution in [3.8, 4) is 0 Å². The second-order valence-corrected chi connectivity index (χ2v) is 4.16. The molecule has 0 aliphatic heterocycles. The van der Waals surface area contributed by atoms with E-state index >= 15 is 0 Å². The van der Waals surface area contributed by atoms with Crippen LogP contribution < -0.4 is 10.2 Å². The highest BCUT2D eigenvalue weighted by molar-refractivity contribution is 5.52. The average Bonchev–Trinajstić information content (AvgIpc) is 2.29. The molecule has 102 valence electrons. The third kappa shape index (κ3) is 4.96. The molecular formula is C13H19F3N2. The molecule has 1 aromatic rings. The molecule has 0 radical (unpaired) electrons. The van der Waals surface area contributed by atoms with Gasteiger partial charge in [0.25, 0.3) is 0 Å². The predicted octanol–water partition coefficient (Wildman–Crippen LogP) is 2.97. The Kier molecular flexibility index (Phi) is 5.47. The maximum Gasteiger partial charge on any atom is 0.401 e. The first-order valence-corrected chi connectivity index (χ1v) is 6.02. The Balaban J connectivity index is 2.46. The van der Waals surface area contributed by atoms with Gasteiger partial charge < -0.3 is 10.2 Å². The molecule has 0 saturated heterocycles. The second kappa shape index (κ2) is 6.64. The molecule has 1 rings (SSSR count). The summed E-state index contributed by atoms with van der Waals surface area (Å²) < 4.78 is 35.9. The monoisotopic (exact) mass is 260 g/mol. The van der Waals surface area contributed by atoms with E-state index in [4.69, 9.17) is 0 Å². The molecule has 5 heteroatoms. The minimum atomic E-state index is -4.14. The van der Waals surface area contributed by atoms with Crippen LogP contribution in [0, 0.1) is 6.92 Å². The van der Waals surface area contributed by atoms with Gasteiger partial charge in [-0.2, -0.15) is 13.2 Å². The molecule has 0 aliphatic carbocycles. The summed E-state index contributed by atoms with van der Waals surface area (Å²) in [5.74, 6) is 0. The first kappa shape index (κ1) is 14.8. The molecular weight excluding hydrogens is 241 g/mol. The molecule has 18 heavy (non-hydrogen) atoms. The maximum absolute atomic E-state index is 12.0. The smallest absolute Gasteiger partial charge is 0.370 e. The van der Waals surface area contributed by atoms with Crippen LogP contribution >= 0.6 is 0 Å². The van der Waals surface area contributed by atoms with Crippen molar-refractivity contribution in [2.45, 2.75) is 20.0 Å². The lowest BCUT2D eigenvalue weighted by Gasteiger charge is -2.25. The van der Waals surface area contributed by atoms with E-state index in [1.165, 1.54) is 0 Å². The fraction of sp³-hybridized carbons (Fsp3) is 0.538. The topological polar surface area (TPSA) is 15.3 Å². The Labute approximate surface area is 106 Å². The van der Waals surface area contributed by atoms with Crippen LogP contribution in [-0.2, 0) is 0 Å². The first-order valence-electron chi connectivity index (χ1n) is 6.02. The Morgan fingerprint density at radius 3 is 2.44 bits per heavy atom. The van der Waals surface area contributed by atoms with E-state index in [0.717, 1.165) is 17.8 Å². The number of nitrogens with zero attached hydrogens (tertiary/aromatic N) is 1. The van der Waals surface area contributed by atoms with Crippen molar-refractivity contribution < 1.29 is 13.2 Å². The summed E-state index contributed by atoms with van der Waals surface area (Å²) in [6, 6.07) is 7.88. The largest absolute Gasteiger partial charge is 0.401 e. The van der Waals surface area contributed by atoms with Crippen molar-refractivity contribution in [1.29, 1.82) is 0 Å². The summed E-state index contributed by atoms with van der Waals surface area (Å²) in [7, 11) is 0. The number of halogens is 3. The molecule has 0 aromatic heterocycles. The van der Waals surface area contributed by atoms with Crippen molar-refractivity contribution >= 4 is 5.69 Å². The lowest BCUT2D eigenvalue weighted by molar-refractivity contribution is -0.124.